The number of ketones is 1. The standard InChI is InChI=1S/C24H29N5O3/c1-5-6-16-26-22(31)20(18-14-10-11-15-19(18)27-28-25)29(24(2,3)4)23(32)21(30)17-12-8-7-9-13-17/h7-15,20H,5-6,16H2,1-4H3,(H,26,31). The number of nitrogens with one attached hydrogen (secondary N) is 1. The van der Waals surface area contributed by atoms with Crippen LogP contribution in [0.15, 0.2) is 59.7 Å². The summed E-state index contributed by atoms with van der Waals surface area (Å²) in [5, 5.41) is 6.57. The molecule has 1 atom stereocenters. The van der Waals surface area contributed by atoms with Crippen molar-refractivity contribution < 1.29 is 14.4 Å². The third-order valence-corrected chi connectivity index (χ3v) is 4.89. The van der Waals surface area contributed by atoms with E-state index in [-0.39, 0.29) is 11.3 Å². The lowest BCUT2D eigenvalue weighted by atomic mass is 9.94. The van der Waals surface area contributed by atoms with Crippen LogP contribution in [0.1, 0.15) is 62.5 Å². The summed E-state index contributed by atoms with van der Waals surface area (Å²) in [7, 11) is 0. The van der Waals surface area contributed by atoms with Crippen molar-refractivity contribution in [3.63, 3.8) is 0 Å². The summed E-state index contributed by atoms with van der Waals surface area (Å²) in [6.07, 6.45) is 1.65. The lowest BCUT2D eigenvalue weighted by Gasteiger charge is -2.41. The van der Waals surface area contributed by atoms with Crippen molar-refractivity contribution in [3.05, 3.63) is 76.2 Å². The van der Waals surface area contributed by atoms with Gasteiger partial charge in [0.2, 0.25) is 11.7 Å². The summed E-state index contributed by atoms with van der Waals surface area (Å²) >= 11 is 0. The second kappa shape index (κ2) is 11.1. The van der Waals surface area contributed by atoms with Gasteiger partial charge in [-0.05, 0) is 38.3 Å². The van der Waals surface area contributed by atoms with Gasteiger partial charge in [-0.2, -0.15) is 0 Å². The van der Waals surface area contributed by atoms with Crippen molar-refractivity contribution in [3.8, 4) is 0 Å². The normalized spacial score (nSPS) is 11.8. The molecule has 2 aromatic rings. The van der Waals surface area contributed by atoms with Crippen LogP contribution in [-0.4, -0.2) is 34.6 Å². The molecular weight excluding hydrogens is 406 g/mol. The first-order valence-corrected chi connectivity index (χ1v) is 10.6. The number of azide groups is 1. The minimum absolute atomic E-state index is 0.222. The highest BCUT2D eigenvalue weighted by Gasteiger charge is 2.41. The van der Waals surface area contributed by atoms with Crippen LogP contribution < -0.4 is 5.32 Å². The van der Waals surface area contributed by atoms with Crippen molar-refractivity contribution >= 4 is 23.3 Å². The Hall–Kier alpha value is -3.64. The van der Waals surface area contributed by atoms with Crippen molar-refractivity contribution in [2.24, 2.45) is 5.11 Å². The molecular formula is C24H29N5O3. The maximum atomic E-state index is 13.5. The van der Waals surface area contributed by atoms with Gasteiger partial charge in [-0.15, -0.1) is 0 Å². The molecule has 1 N–H and O–H groups in total. The molecule has 32 heavy (non-hydrogen) atoms. The maximum absolute atomic E-state index is 13.5. The van der Waals surface area contributed by atoms with Gasteiger partial charge < -0.3 is 10.2 Å². The highest BCUT2D eigenvalue weighted by atomic mass is 16.2. The average molecular weight is 436 g/mol. The molecule has 0 bridgehead atoms. The first kappa shape index (κ1) is 24.6. The molecule has 1 unspecified atom stereocenters. The number of nitrogens with zero attached hydrogens (tertiary/aromatic N) is 4. The third kappa shape index (κ3) is 5.95. The number of rotatable bonds is 9. The molecule has 0 saturated carbocycles. The minimum Gasteiger partial charge on any atom is -0.354 e. The van der Waals surface area contributed by atoms with Crippen molar-refractivity contribution in [1.82, 2.24) is 10.2 Å². The topological polar surface area (TPSA) is 115 Å². The van der Waals surface area contributed by atoms with Crippen molar-refractivity contribution in [2.45, 2.75) is 52.1 Å². The van der Waals surface area contributed by atoms with Crippen LogP contribution in [-0.2, 0) is 9.59 Å². The van der Waals surface area contributed by atoms with Gasteiger partial charge in [0.15, 0.2) is 0 Å². The molecule has 0 aliphatic heterocycles. The van der Waals surface area contributed by atoms with E-state index in [1.54, 1.807) is 75.4 Å². The Bertz CT molecular complexity index is 1010. The Morgan fingerprint density at radius 1 is 1.06 bits per heavy atom. The van der Waals surface area contributed by atoms with Gasteiger partial charge >= 0.3 is 0 Å². The smallest absolute Gasteiger partial charge is 0.296 e. The van der Waals surface area contributed by atoms with E-state index >= 15 is 0 Å². The Morgan fingerprint density at radius 2 is 1.69 bits per heavy atom. The summed E-state index contributed by atoms with van der Waals surface area (Å²) < 4.78 is 0. The number of amides is 2. The Balaban J connectivity index is 2.63. The molecule has 0 radical (unpaired) electrons. The number of hydrogen-bond acceptors (Lipinski definition) is 4. The zero-order valence-corrected chi connectivity index (χ0v) is 18.9. The molecule has 0 aromatic heterocycles. The summed E-state index contributed by atoms with van der Waals surface area (Å²) in [5.41, 5.74) is 8.92. The summed E-state index contributed by atoms with van der Waals surface area (Å²) in [6, 6.07) is 13.6. The first-order valence-electron chi connectivity index (χ1n) is 10.6. The van der Waals surface area contributed by atoms with Crippen LogP contribution in [0, 0.1) is 0 Å². The predicted octanol–water partition coefficient (Wildman–Crippen LogP) is 5.10. The summed E-state index contributed by atoms with van der Waals surface area (Å²) in [6.45, 7) is 7.70. The molecule has 2 aromatic carbocycles. The van der Waals surface area contributed by atoms with E-state index in [0.717, 1.165) is 12.8 Å². The van der Waals surface area contributed by atoms with Crippen LogP contribution in [0.5, 0.6) is 0 Å². The fraction of sp³-hybridized carbons (Fsp3) is 0.375. The quantitative estimate of drug-likeness (QED) is 0.148. The van der Waals surface area contributed by atoms with E-state index in [2.05, 4.69) is 15.3 Å². The van der Waals surface area contributed by atoms with Crippen molar-refractivity contribution in [1.29, 1.82) is 0 Å². The molecule has 2 rings (SSSR count). The van der Waals surface area contributed by atoms with Gasteiger partial charge in [0.05, 0.1) is 0 Å². The van der Waals surface area contributed by atoms with E-state index in [9.17, 15) is 14.4 Å². The number of hydrogen-bond donors (Lipinski definition) is 1. The second-order valence-electron chi connectivity index (χ2n) is 8.34. The number of benzene rings is 2. The summed E-state index contributed by atoms with van der Waals surface area (Å²) in [4.78, 5) is 44.1. The zero-order valence-electron chi connectivity index (χ0n) is 18.9. The van der Waals surface area contributed by atoms with E-state index < -0.39 is 29.2 Å². The van der Waals surface area contributed by atoms with Gasteiger partial charge in [-0.25, -0.2) is 0 Å². The van der Waals surface area contributed by atoms with Crippen LogP contribution >= 0.6 is 0 Å². The van der Waals surface area contributed by atoms with Gasteiger partial charge in [0, 0.05) is 28.2 Å². The lowest BCUT2D eigenvalue weighted by molar-refractivity contribution is -0.142. The second-order valence-corrected chi connectivity index (χ2v) is 8.34. The van der Waals surface area contributed by atoms with E-state index in [4.69, 9.17) is 5.53 Å². The molecule has 8 heteroatoms. The maximum Gasteiger partial charge on any atom is 0.296 e. The van der Waals surface area contributed by atoms with E-state index in [0.29, 0.717) is 12.1 Å². The Kier molecular flexibility index (Phi) is 8.55. The van der Waals surface area contributed by atoms with Crippen molar-refractivity contribution in [2.75, 3.05) is 6.54 Å². The molecule has 0 aliphatic rings. The van der Waals surface area contributed by atoms with Gasteiger partial charge in [-0.3, -0.25) is 14.4 Å². The van der Waals surface area contributed by atoms with Gasteiger partial charge in [-0.1, -0.05) is 73.1 Å². The average Bonchev–Trinajstić information content (AvgIpc) is 2.77. The number of unbranched alkanes of at least 4 members (excludes halogenated alkanes) is 1. The van der Waals surface area contributed by atoms with Crippen LogP contribution in [0.2, 0.25) is 0 Å². The molecule has 0 saturated heterocycles. The third-order valence-electron chi connectivity index (χ3n) is 4.89. The SMILES string of the molecule is CCCCNC(=O)C(c1ccccc1N=[N+]=[N-])N(C(=O)C(=O)c1ccccc1)C(C)(C)C. The fourth-order valence-corrected chi connectivity index (χ4v) is 3.37. The monoisotopic (exact) mass is 435 g/mol. The lowest BCUT2D eigenvalue weighted by Crippen LogP contribution is -2.54. The van der Waals surface area contributed by atoms with Gasteiger partial charge in [0.25, 0.3) is 5.91 Å². The highest BCUT2D eigenvalue weighted by Crippen LogP contribution is 2.35. The Morgan fingerprint density at radius 3 is 2.28 bits per heavy atom. The molecule has 2 amide bonds. The molecule has 0 heterocycles. The number of Topliss-reactive ketones (excluding diaryl/α,β-unsaturated/α-hetero) is 1. The molecule has 0 fully saturated rings. The minimum atomic E-state index is -1.16. The molecule has 0 aliphatic carbocycles. The zero-order chi connectivity index (χ0) is 23.7. The van der Waals surface area contributed by atoms with E-state index in [1.807, 2.05) is 6.92 Å². The predicted molar refractivity (Wildman–Crippen MR) is 123 cm³/mol. The van der Waals surface area contributed by atoms with Crippen LogP contribution in [0.25, 0.3) is 10.4 Å². The largest absolute Gasteiger partial charge is 0.354 e. The Labute approximate surface area is 188 Å². The number of carbonyl (C=O) groups is 3. The molecule has 8 nitrogen and oxygen atoms in total. The fourth-order valence-electron chi connectivity index (χ4n) is 3.37. The summed E-state index contributed by atoms with van der Waals surface area (Å²) in [5.74, 6) is -1.97. The molecule has 168 valence electrons. The van der Waals surface area contributed by atoms with Crippen LogP contribution in [0.3, 0.4) is 0 Å². The highest BCUT2D eigenvalue weighted by molar-refractivity contribution is 6.43. The first-order chi connectivity index (χ1) is 15.2. The van der Waals surface area contributed by atoms with E-state index in [1.165, 1.54) is 4.90 Å². The number of carbonyl (C=O) groups excluding carboxylic acids is 3. The van der Waals surface area contributed by atoms with Crippen LogP contribution in [0.4, 0.5) is 5.69 Å². The molecule has 0 spiro atoms. The van der Waals surface area contributed by atoms with Gasteiger partial charge in [0.1, 0.15) is 6.04 Å².